The maximum atomic E-state index is 13.4. The lowest BCUT2D eigenvalue weighted by atomic mass is 9.98. The predicted molar refractivity (Wildman–Crippen MR) is 131 cm³/mol. The molecule has 1 saturated heterocycles. The summed E-state index contributed by atoms with van der Waals surface area (Å²) in [5, 5.41) is 0.379. The van der Waals surface area contributed by atoms with E-state index in [1.165, 1.54) is 10.4 Å². The van der Waals surface area contributed by atoms with Crippen LogP contribution >= 0.6 is 11.6 Å². The number of halogens is 1. The largest absolute Gasteiger partial charge is 0.488 e. The average molecular weight is 500 g/mol. The minimum absolute atomic E-state index is 0.0608. The van der Waals surface area contributed by atoms with Crippen LogP contribution in [0, 0.1) is 6.92 Å². The van der Waals surface area contributed by atoms with Crippen LogP contribution in [0.1, 0.15) is 17.5 Å². The number of sulfonamides is 1. The fourth-order valence-electron chi connectivity index (χ4n) is 4.37. The fourth-order valence-corrected chi connectivity index (χ4v) is 6.07. The molecule has 3 aromatic rings. The molecule has 2 aliphatic rings. The Kier molecular flexibility index (Phi) is 6.53. The highest BCUT2D eigenvalue weighted by Gasteiger charge is 2.30. The van der Waals surface area contributed by atoms with Crippen molar-refractivity contribution in [3.8, 4) is 22.6 Å². The second-order valence-electron chi connectivity index (χ2n) is 8.53. The predicted octanol–water partition coefficient (Wildman–Crippen LogP) is 5.07. The molecular formula is C26H26ClNO5S. The highest BCUT2D eigenvalue weighted by molar-refractivity contribution is 7.89. The van der Waals surface area contributed by atoms with Crippen molar-refractivity contribution in [1.82, 2.24) is 4.31 Å². The summed E-state index contributed by atoms with van der Waals surface area (Å²) in [5.74, 6) is 1.21. The van der Waals surface area contributed by atoms with Gasteiger partial charge < -0.3 is 14.2 Å². The van der Waals surface area contributed by atoms with E-state index in [9.17, 15) is 8.42 Å². The van der Waals surface area contributed by atoms with Crippen LogP contribution in [0.25, 0.3) is 11.1 Å². The Labute approximate surface area is 205 Å². The quantitative estimate of drug-likeness (QED) is 0.490. The van der Waals surface area contributed by atoms with Gasteiger partial charge in [0.15, 0.2) is 11.5 Å². The van der Waals surface area contributed by atoms with Crippen LogP contribution in [0.3, 0.4) is 0 Å². The molecule has 6 nitrogen and oxygen atoms in total. The van der Waals surface area contributed by atoms with E-state index in [4.69, 9.17) is 25.8 Å². The normalized spacial score (nSPS) is 18.7. The number of rotatable bonds is 5. The van der Waals surface area contributed by atoms with E-state index in [0.717, 1.165) is 28.7 Å². The lowest BCUT2D eigenvalue weighted by Crippen LogP contribution is -2.32. The Morgan fingerprint density at radius 1 is 1.06 bits per heavy atom. The van der Waals surface area contributed by atoms with Crippen LogP contribution in [-0.4, -0.2) is 45.2 Å². The van der Waals surface area contributed by atoms with E-state index >= 15 is 0 Å². The standard InChI is InChI=1S/C26H26ClNO5S/c1-18-5-2-3-8-24(18)19-13-20-16-28(34(29,30)23-7-4-6-21(27)15-23)10-12-32-26(20)25(14-19)33-22-9-11-31-17-22/h2-8,13-15,22H,9-12,16-17H2,1H3/t22-/m0/s1. The Morgan fingerprint density at radius 3 is 2.68 bits per heavy atom. The van der Waals surface area contributed by atoms with Gasteiger partial charge in [-0.25, -0.2) is 8.42 Å². The first kappa shape index (κ1) is 23.2. The highest BCUT2D eigenvalue weighted by atomic mass is 35.5. The van der Waals surface area contributed by atoms with Crippen LogP contribution in [-0.2, 0) is 21.3 Å². The van der Waals surface area contributed by atoms with Crippen molar-refractivity contribution in [2.24, 2.45) is 0 Å². The second-order valence-corrected chi connectivity index (χ2v) is 10.9. The van der Waals surface area contributed by atoms with E-state index in [2.05, 4.69) is 19.1 Å². The molecule has 0 aliphatic carbocycles. The summed E-state index contributed by atoms with van der Waals surface area (Å²) in [5.41, 5.74) is 3.90. The summed E-state index contributed by atoms with van der Waals surface area (Å²) in [7, 11) is -3.76. The Balaban J connectivity index is 1.57. The maximum Gasteiger partial charge on any atom is 0.243 e. The topological polar surface area (TPSA) is 65.1 Å². The van der Waals surface area contributed by atoms with Crippen LogP contribution in [0.15, 0.2) is 65.6 Å². The van der Waals surface area contributed by atoms with Gasteiger partial charge in [-0.05, 0) is 53.9 Å². The number of benzene rings is 3. The minimum atomic E-state index is -3.76. The molecule has 178 valence electrons. The molecule has 0 saturated carbocycles. The first-order chi connectivity index (χ1) is 16.4. The molecule has 1 fully saturated rings. The van der Waals surface area contributed by atoms with Crippen molar-refractivity contribution in [3.05, 3.63) is 76.8 Å². The van der Waals surface area contributed by atoms with E-state index in [-0.39, 0.29) is 30.7 Å². The van der Waals surface area contributed by atoms with Gasteiger partial charge in [-0.3, -0.25) is 0 Å². The molecule has 3 aromatic carbocycles. The summed E-state index contributed by atoms with van der Waals surface area (Å²) < 4.78 is 46.2. The molecule has 0 unspecified atom stereocenters. The maximum absolute atomic E-state index is 13.4. The number of hydrogen-bond acceptors (Lipinski definition) is 5. The zero-order valence-corrected chi connectivity index (χ0v) is 20.4. The number of aryl methyl sites for hydroxylation is 1. The smallest absolute Gasteiger partial charge is 0.243 e. The first-order valence-electron chi connectivity index (χ1n) is 11.3. The number of fused-ring (bicyclic) bond motifs is 1. The third-order valence-electron chi connectivity index (χ3n) is 6.14. The van der Waals surface area contributed by atoms with Gasteiger partial charge in [-0.1, -0.05) is 41.9 Å². The summed E-state index contributed by atoms with van der Waals surface area (Å²) in [6.07, 6.45) is 0.743. The lowest BCUT2D eigenvalue weighted by molar-refractivity contribution is 0.137. The molecular weight excluding hydrogens is 474 g/mol. The molecule has 2 heterocycles. The Morgan fingerprint density at radius 2 is 1.91 bits per heavy atom. The molecule has 34 heavy (non-hydrogen) atoms. The molecule has 0 N–H and O–H groups in total. The molecule has 0 aromatic heterocycles. The van der Waals surface area contributed by atoms with Crippen LogP contribution in [0.4, 0.5) is 0 Å². The van der Waals surface area contributed by atoms with Crippen LogP contribution in [0.5, 0.6) is 11.5 Å². The Bertz CT molecular complexity index is 1300. The molecule has 0 amide bonds. The van der Waals surface area contributed by atoms with E-state index in [1.807, 2.05) is 24.3 Å². The van der Waals surface area contributed by atoms with Gasteiger partial charge in [0.05, 0.1) is 18.1 Å². The van der Waals surface area contributed by atoms with Gasteiger partial charge in [0, 0.05) is 30.1 Å². The number of hydrogen-bond donors (Lipinski definition) is 0. The molecule has 0 radical (unpaired) electrons. The minimum Gasteiger partial charge on any atom is -0.488 e. The molecule has 0 spiro atoms. The monoisotopic (exact) mass is 499 g/mol. The Hall–Kier alpha value is -2.58. The molecule has 0 bridgehead atoms. The van der Waals surface area contributed by atoms with Crippen molar-refractivity contribution in [1.29, 1.82) is 0 Å². The molecule has 5 rings (SSSR count). The average Bonchev–Trinajstić information content (AvgIpc) is 3.22. The number of nitrogens with zero attached hydrogens (tertiary/aromatic N) is 1. The van der Waals surface area contributed by atoms with Gasteiger partial charge in [-0.15, -0.1) is 0 Å². The van der Waals surface area contributed by atoms with Crippen molar-refractivity contribution in [2.45, 2.75) is 30.9 Å². The van der Waals surface area contributed by atoms with Gasteiger partial charge in [-0.2, -0.15) is 4.31 Å². The summed E-state index contributed by atoms with van der Waals surface area (Å²) in [6, 6.07) is 18.4. The van der Waals surface area contributed by atoms with Gasteiger partial charge >= 0.3 is 0 Å². The van der Waals surface area contributed by atoms with E-state index in [1.54, 1.807) is 18.2 Å². The summed E-state index contributed by atoms with van der Waals surface area (Å²) >= 11 is 6.07. The summed E-state index contributed by atoms with van der Waals surface area (Å²) in [4.78, 5) is 0.165. The van der Waals surface area contributed by atoms with Crippen molar-refractivity contribution >= 4 is 21.6 Å². The molecule has 1 atom stereocenters. The second kappa shape index (κ2) is 9.58. The SMILES string of the molecule is Cc1ccccc1-c1cc2c(c(O[C@H]3CCOC3)c1)OCCN(S(=O)(=O)c1cccc(Cl)c1)C2. The first-order valence-corrected chi connectivity index (χ1v) is 13.1. The van der Waals surface area contributed by atoms with E-state index < -0.39 is 10.0 Å². The van der Waals surface area contributed by atoms with Gasteiger partial charge in [0.25, 0.3) is 0 Å². The highest BCUT2D eigenvalue weighted by Crippen LogP contribution is 2.41. The molecule has 2 aliphatic heterocycles. The summed E-state index contributed by atoms with van der Waals surface area (Å²) in [6.45, 7) is 3.85. The van der Waals surface area contributed by atoms with Crippen molar-refractivity contribution in [3.63, 3.8) is 0 Å². The van der Waals surface area contributed by atoms with E-state index in [0.29, 0.717) is 29.7 Å². The third kappa shape index (κ3) is 4.66. The fraction of sp³-hybridized carbons (Fsp3) is 0.308. The molecule has 8 heteroatoms. The zero-order chi connectivity index (χ0) is 23.7. The number of ether oxygens (including phenoxy) is 3. The third-order valence-corrected chi connectivity index (χ3v) is 8.21. The van der Waals surface area contributed by atoms with Crippen LogP contribution in [0.2, 0.25) is 5.02 Å². The van der Waals surface area contributed by atoms with Crippen molar-refractivity contribution < 1.29 is 22.6 Å². The van der Waals surface area contributed by atoms with Crippen LogP contribution < -0.4 is 9.47 Å². The lowest BCUT2D eigenvalue weighted by Gasteiger charge is -2.21. The van der Waals surface area contributed by atoms with Gasteiger partial charge in [0.2, 0.25) is 10.0 Å². The van der Waals surface area contributed by atoms with Crippen molar-refractivity contribution in [2.75, 3.05) is 26.4 Å². The van der Waals surface area contributed by atoms with Gasteiger partial charge in [0.1, 0.15) is 12.7 Å². The zero-order valence-electron chi connectivity index (χ0n) is 18.9.